The molecule has 11 heteroatoms. The third kappa shape index (κ3) is 3.73. The van der Waals surface area contributed by atoms with Gasteiger partial charge in [0.1, 0.15) is 25.0 Å². The normalized spacial score (nSPS) is 18.8. The molecule has 0 aliphatic carbocycles. The monoisotopic (exact) mass is 441 g/mol. The van der Waals surface area contributed by atoms with Gasteiger partial charge in [0.05, 0.1) is 11.1 Å². The molecule has 0 radical (unpaired) electrons. The fourth-order valence-electron chi connectivity index (χ4n) is 3.78. The van der Waals surface area contributed by atoms with Crippen LogP contribution in [-0.2, 0) is 19.2 Å². The quantitative estimate of drug-likeness (QED) is 0.503. The van der Waals surface area contributed by atoms with E-state index in [-0.39, 0.29) is 18.1 Å². The van der Waals surface area contributed by atoms with Crippen LogP contribution in [0.1, 0.15) is 32.9 Å². The lowest BCUT2D eigenvalue weighted by Gasteiger charge is -2.12. The molecule has 3 heterocycles. The largest absolute Gasteiger partial charge is 0.368 e. The lowest BCUT2D eigenvalue weighted by Crippen LogP contribution is -2.44. The van der Waals surface area contributed by atoms with Gasteiger partial charge in [-0.2, -0.15) is 0 Å². The number of primary amides is 1. The van der Waals surface area contributed by atoms with Crippen LogP contribution in [0.25, 0.3) is 11.6 Å². The van der Waals surface area contributed by atoms with Crippen molar-refractivity contribution in [2.75, 3.05) is 18.5 Å². The fourth-order valence-corrected chi connectivity index (χ4v) is 3.78. The Morgan fingerprint density at radius 2 is 2.09 bits per heavy atom. The van der Waals surface area contributed by atoms with Crippen LogP contribution in [0.2, 0.25) is 0 Å². The standard InChI is InChI=1S/C21H20FN5O5/c1-9-15(6-13-12-5-11(22)3-4-14(12)25-19(13)29)24-10(2)18(9)20(30)26-16-8-32-27(21(16)31)7-17(23)28/h3-6,16,24H,7-8H2,1-2H3,(H2,23,28)(H,25,29)(H,26,30)/t16-/m1/s1. The third-order valence-corrected chi connectivity index (χ3v) is 5.30. The van der Waals surface area contributed by atoms with Gasteiger partial charge in [0.25, 0.3) is 17.7 Å². The number of amides is 4. The molecule has 2 aliphatic heterocycles. The van der Waals surface area contributed by atoms with Crippen LogP contribution in [0.3, 0.4) is 0 Å². The maximum Gasteiger partial charge on any atom is 0.271 e. The van der Waals surface area contributed by atoms with Gasteiger partial charge in [-0.1, -0.05) is 0 Å². The van der Waals surface area contributed by atoms with Crippen LogP contribution in [0, 0.1) is 19.7 Å². The molecule has 1 saturated heterocycles. The summed E-state index contributed by atoms with van der Waals surface area (Å²) in [4.78, 5) is 56.7. The number of benzene rings is 1. The number of aryl methyl sites for hydroxylation is 1. The van der Waals surface area contributed by atoms with Crippen molar-refractivity contribution >= 4 is 41.0 Å². The average molecular weight is 441 g/mol. The molecule has 4 amide bonds. The van der Waals surface area contributed by atoms with Crippen LogP contribution >= 0.6 is 0 Å². The Balaban J connectivity index is 1.58. The molecule has 10 nitrogen and oxygen atoms in total. The number of nitrogens with two attached hydrogens (primary N) is 1. The summed E-state index contributed by atoms with van der Waals surface area (Å²) in [6, 6.07) is 3.04. The predicted octanol–water partition coefficient (Wildman–Crippen LogP) is 0.621. The minimum atomic E-state index is -0.965. The summed E-state index contributed by atoms with van der Waals surface area (Å²) in [6.45, 7) is 2.84. The Bertz CT molecular complexity index is 1200. The number of aromatic amines is 1. The molecule has 1 aromatic heterocycles. The zero-order valence-corrected chi connectivity index (χ0v) is 17.2. The summed E-state index contributed by atoms with van der Waals surface area (Å²) in [5.41, 5.74) is 8.13. The SMILES string of the molecule is Cc1[nH]c(C=C2C(=O)Nc3ccc(F)cc32)c(C)c1C(=O)N[C@@H]1CON(CC(N)=O)C1=O. The number of rotatable bonds is 5. The van der Waals surface area contributed by atoms with E-state index in [9.17, 15) is 23.6 Å². The first-order valence-electron chi connectivity index (χ1n) is 9.71. The van der Waals surface area contributed by atoms with Gasteiger partial charge in [0, 0.05) is 22.6 Å². The number of aromatic nitrogens is 1. The van der Waals surface area contributed by atoms with Crippen LogP contribution in [0.5, 0.6) is 0 Å². The van der Waals surface area contributed by atoms with E-state index in [1.165, 1.54) is 18.2 Å². The van der Waals surface area contributed by atoms with E-state index < -0.39 is 36.1 Å². The maximum absolute atomic E-state index is 13.7. The number of anilines is 1. The van der Waals surface area contributed by atoms with Crippen molar-refractivity contribution in [1.29, 1.82) is 0 Å². The number of hydrogen-bond acceptors (Lipinski definition) is 5. The molecular weight excluding hydrogens is 421 g/mol. The van der Waals surface area contributed by atoms with Gasteiger partial charge >= 0.3 is 0 Å². The van der Waals surface area contributed by atoms with Crippen molar-refractivity contribution < 1.29 is 28.4 Å². The highest BCUT2D eigenvalue weighted by Gasteiger charge is 2.36. The lowest BCUT2D eigenvalue weighted by molar-refractivity contribution is -0.165. The van der Waals surface area contributed by atoms with Crippen molar-refractivity contribution in [1.82, 2.24) is 15.4 Å². The first-order chi connectivity index (χ1) is 15.2. The minimum Gasteiger partial charge on any atom is -0.368 e. The second kappa shape index (κ2) is 7.93. The fraction of sp³-hybridized carbons (Fsp3) is 0.238. The van der Waals surface area contributed by atoms with Gasteiger partial charge < -0.3 is 21.4 Å². The highest BCUT2D eigenvalue weighted by atomic mass is 19.1. The average Bonchev–Trinajstić information content (AvgIpc) is 3.31. The van der Waals surface area contributed by atoms with Gasteiger partial charge in [-0.15, -0.1) is 0 Å². The topological polar surface area (TPSA) is 147 Å². The number of H-pyrrole nitrogens is 1. The first-order valence-corrected chi connectivity index (χ1v) is 9.71. The summed E-state index contributed by atoms with van der Waals surface area (Å²) < 4.78 is 13.7. The van der Waals surface area contributed by atoms with E-state index in [0.717, 1.165) is 5.06 Å². The van der Waals surface area contributed by atoms with Crippen molar-refractivity contribution in [3.05, 3.63) is 52.1 Å². The molecule has 5 N–H and O–H groups in total. The molecule has 1 atom stereocenters. The molecular formula is C21H20FN5O5. The number of nitrogens with zero attached hydrogens (tertiary/aromatic N) is 1. The summed E-state index contributed by atoms with van der Waals surface area (Å²) >= 11 is 0. The molecule has 2 aromatic rings. The number of fused-ring (bicyclic) bond motifs is 1. The molecule has 0 spiro atoms. The number of carbonyl (C=O) groups is 4. The van der Waals surface area contributed by atoms with E-state index in [1.54, 1.807) is 19.9 Å². The van der Waals surface area contributed by atoms with Gasteiger partial charge in [0.2, 0.25) is 5.91 Å². The van der Waals surface area contributed by atoms with E-state index in [0.29, 0.717) is 33.8 Å². The molecule has 0 unspecified atom stereocenters. The number of hydroxylamine groups is 2. The Hall–Kier alpha value is -3.99. The molecule has 1 fully saturated rings. The van der Waals surface area contributed by atoms with Crippen molar-refractivity contribution in [3.63, 3.8) is 0 Å². The van der Waals surface area contributed by atoms with Gasteiger partial charge in [-0.3, -0.25) is 24.0 Å². The Morgan fingerprint density at radius 3 is 2.81 bits per heavy atom. The second-order valence-electron chi connectivity index (χ2n) is 7.53. The van der Waals surface area contributed by atoms with Gasteiger partial charge in [-0.05, 0) is 43.7 Å². The van der Waals surface area contributed by atoms with Crippen LogP contribution in [0.15, 0.2) is 18.2 Å². The first kappa shape index (κ1) is 21.2. The van der Waals surface area contributed by atoms with Crippen molar-refractivity contribution in [2.24, 2.45) is 5.73 Å². The summed E-state index contributed by atoms with van der Waals surface area (Å²) in [5.74, 6) is -2.69. The van der Waals surface area contributed by atoms with E-state index >= 15 is 0 Å². The molecule has 0 bridgehead atoms. The lowest BCUT2D eigenvalue weighted by atomic mass is 10.0. The van der Waals surface area contributed by atoms with E-state index in [1.807, 2.05) is 0 Å². The Morgan fingerprint density at radius 1 is 1.34 bits per heavy atom. The van der Waals surface area contributed by atoms with E-state index in [2.05, 4.69) is 15.6 Å². The number of carbonyl (C=O) groups excluding carboxylic acids is 4. The van der Waals surface area contributed by atoms with Crippen molar-refractivity contribution in [3.8, 4) is 0 Å². The van der Waals surface area contributed by atoms with Crippen LogP contribution < -0.4 is 16.4 Å². The summed E-state index contributed by atoms with van der Waals surface area (Å²) in [7, 11) is 0. The van der Waals surface area contributed by atoms with Crippen LogP contribution in [-0.4, -0.2) is 52.9 Å². The zero-order chi connectivity index (χ0) is 23.2. The van der Waals surface area contributed by atoms with Crippen LogP contribution in [0.4, 0.5) is 10.1 Å². The highest BCUT2D eigenvalue weighted by Crippen LogP contribution is 2.34. The second-order valence-corrected chi connectivity index (χ2v) is 7.53. The Kier molecular flexibility index (Phi) is 5.26. The van der Waals surface area contributed by atoms with Gasteiger partial charge in [-0.25, -0.2) is 9.45 Å². The third-order valence-electron chi connectivity index (χ3n) is 5.30. The minimum absolute atomic E-state index is 0.125. The Labute approximate surface area is 181 Å². The van der Waals surface area contributed by atoms with E-state index in [4.69, 9.17) is 10.6 Å². The molecule has 1 aromatic carbocycles. The highest BCUT2D eigenvalue weighted by molar-refractivity contribution is 6.34. The summed E-state index contributed by atoms with van der Waals surface area (Å²) in [5, 5.41) is 6.08. The molecule has 0 saturated carbocycles. The zero-order valence-electron chi connectivity index (χ0n) is 17.2. The molecule has 4 rings (SSSR count). The molecule has 2 aliphatic rings. The number of halogens is 1. The number of nitrogens with one attached hydrogen (secondary N) is 3. The van der Waals surface area contributed by atoms with Crippen molar-refractivity contribution in [2.45, 2.75) is 19.9 Å². The smallest absolute Gasteiger partial charge is 0.271 e. The summed E-state index contributed by atoms with van der Waals surface area (Å²) in [6.07, 6.45) is 1.55. The predicted molar refractivity (Wildman–Crippen MR) is 111 cm³/mol. The number of hydrogen-bond donors (Lipinski definition) is 4. The molecule has 166 valence electrons. The van der Waals surface area contributed by atoms with Gasteiger partial charge in [0.15, 0.2) is 0 Å². The maximum atomic E-state index is 13.7. The molecule has 32 heavy (non-hydrogen) atoms.